The molecule has 35 heavy (non-hydrogen) atoms. The highest BCUT2D eigenvalue weighted by molar-refractivity contribution is 7.07. The Morgan fingerprint density at radius 3 is 2.37 bits per heavy atom. The predicted molar refractivity (Wildman–Crippen MR) is 132 cm³/mol. The molecule has 3 aromatic rings. The van der Waals surface area contributed by atoms with Gasteiger partial charge in [-0.25, -0.2) is 9.79 Å². The smallest absolute Gasteiger partial charge is 0.338 e. The number of fused-ring (bicyclic) bond motifs is 1. The predicted octanol–water partition coefficient (Wildman–Crippen LogP) is 2.29. The van der Waals surface area contributed by atoms with E-state index in [1.165, 1.54) is 28.0 Å². The Balaban J connectivity index is 1.89. The number of ether oxygens (including phenoxy) is 1. The topological polar surface area (TPSA) is 101 Å². The van der Waals surface area contributed by atoms with Gasteiger partial charge in [-0.15, -0.1) is 0 Å². The van der Waals surface area contributed by atoms with Crippen LogP contribution in [0.15, 0.2) is 69.6 Å². The largest absolute Gasteiger partial charge is 0.545 e. The van der Waals surface area contributed by atoms with E-state index in [2.05, 4.69) is 18.8 Å². The number of thiazole rings is 1. The van der Waals surface area contributed by atoms with Gasteiger partial charge in [0.05, 0.1) is 34.4 Å². The van der Waals surface area contributed by atoms with Gasteiger partial charge in [-0.1, -0.05) is 73.7 Å². The van der Waals surface area contributed by atoms with Crippen molar-refractivity contribution in [1.82, 2.24) is 4.57 Å². The number of hydrogen-bond donors (Lipinski definition) is 0. The molecule has 2 heterocycles. The highest BCUT2D eigenvalue weighted by Crippen LogP contribution is 2.31. The molecule has 0 saturated heterocycles. The second-order valence-corrected chi connectivity index (χ2v) is 9.54. The first-order chi connectivity index (χ1) is 16.7. The molecule has 1 aliphatic heterocycles. The van der Waals surface area contributed by atoms with Crippen molar-refractivity contribution in [2.24, 2.45) is 4.99 Å². The molecule has 0 saturated carbocycles. The zero-order valence-electron chi connectivity index (χ0n) is 19.9. The van der Waals surface area contributed by atoms with Crippen molar-refractivity contribution < 1.29 is 19.4 Å². The van der Waals surface area contributed by atoms with E-state index in [4.69, 9.17) is 4.74 Å². The van der Waals surface area contributed by atoms with E-state index >= 15 is 0 Å². The Morgan fingerprint density at radius 2 is 1.80 bits per heavy atom. The Hall–Kier alpha value is -3.78. The number of esters is 1. The molecule has 1 atom stereocenters. The van der Waals surface area contributed by atoms with E-state index in [0.717, 1.165) is 11.1 Å². The zero-order chi connectivity index (χ0) is 25.3. The number of aromatic carboxylic acids is 1. The number of allylic oxidation sites excluding steroid dienone is 1. The molecule has 8 heteroatoms. The third kappa shape index (κ3) is 4.74. The number of rotatable bonds is 6. The third-order valence-corrected chi connectivity index (χ3v) is 6.86. The Bertz CT molecular complexity index is 1490. The van der Waals surface area contributed by atoms with E-state index in [1.54, 1.807) is 32.1 Å². The molecular formula is C27H25N2O5S-. The zero-order valence-corrected chi connectivity index (χ0v) is 20.7. The van der Waals surface area contributed by atoms with Gasteiger partial charge in [0.15, 0.2) is 4.80 Å². The molecule has 0 fully saturated rings. The first kappa shape index (κ1) is 24.3. The number of hydrogen-bond acceptors (Lipinski definition) is 7. The molecule has 0 radical (unpaired) electrons. The van der Waals surface area contributed by atoms with Gasteiger partial charge in [-0.05, 0) is 48.1 Å². The SMILES string of the molecule is CCOC(=O)C1=C(C)N=c2s/c(=C/c3ccc(C(=O)[O-])cc3)c(=O)n2C1c1ccc(C(C)C)cc1. The van der Waals surface area contributed by atoms with Crippen LogP contribution in [-0.2, 0) is 9.53 Å². The molecular weight excluding hydrogens is 464 g/mol. The van der Waals surface area contributed by atoms with Crippen LogP contribution in [0.3, 0.4) is 0 Å². The van der Waals surface area contributed by atoms with Gasteiger partial charge < -0.3 is 14.6 Å². The molecule has 0 N–H and O–H groups in total. The third-order valence-electron chi connectivity index (χ3n) is 5.88. The van der Waals surface area contributed by atoms with Crippen LogP contribution in [0.25, 0.3) is 6.08 Å². The Morgan fingerprint density at radius 1 is 1.14 bits per heavy atom. The van der Waals surface area contributed by atoms with Crippen LogP contribution < -0.4 is 20.0 Å². The van der Waals surface area contributed by atoms with Gasteiger partial charge in [0, 0.05) is 0 Å². The van der Waals surface area contributed by atoms with Crippen molar-refractivity contribution in [2.45, 2.75) is 39.7 Å². The molecule has 0 amide bonds. The second kappa shape index (κ2) is 9.84. The average Bonchev–Trinajstić information content (AvgIpc) is 3.13. The van der Waals surface area contributed by atoms with Crippen LogP contribution in [0.4, 0.5) is 0 Å². The molecule has 0 spiro atoms. The molecule has 1 unspecified atom stereocenters. The minimum absolute atomic E-state index is 0.0585. The Labute approximate surface area is 206 Å². The van der Waals surface area contributed by atoms with Crippen LogP contribution in [0.2, 0.25) is 0 Å². The molecule has 1 aromatic heterocycles. The fourth-order valence-electron chi connectivity index (χ4n) is 4.04. The van der Waals surface area contributed by atoms with E-state index in [-0.39, 0.29) is 17.7 Å². The maximum Gasteiger partial charge on any atom is 0.338 e. The Kier molecular flexibility index (Phi) is 6.84. The summed E-state index contributed by atoms with van der Waals surface area (Å²) in [6.07, 6.45) is 1.69. The van der Waals surface area contributed by atoms with Crippen molar-refractivity contribution in [3.63, 3.8) is 0 Å². The first-order valence-corrected chi connectivity index (χ1v) is 12.1. The molecule has 0 bridgehead atoms. The van der Waals surface area contributed by atoms with Crippen LogP contribution in [0.5, 0.6) is 0 Å². The second-order valence-electron chi connectivity index (χ2n) is 8.53. The minimum Gasteiger partial charge on any atom is -0.545 e. The standard InChI is InChI=1S/C27H26N2O5S/c1-5-34-26(33)22-16(4)28-27-29(23(22)19-12-10-18(11-13-19)15(2)3)24(30)21(35-27)14-17-6-8-20(9-7-17)25(31)32/h6-15,23H,5H2,1-4H3,(H,31,32)/p-1/b21-14+. The molecule has 4 rings (SSSR count). The van der Waals surface area contributed by atoms with E-state index in [1.807, 2.05) is 24.3 Å². The number of carboxylic acids is 1. The van der Waals surface area contributed by atoms with Crippen molar-refractivity contribution in [3.05, 3.63) is 102 Å². The van der Waals surface area contributed by atoms with Crippen LogP contribution in [0, 0.1) is 0 Å². The summed E-state index contributed by atoms with van der Waals surface area (Å²) in [7, 11) is 0. The summed E-state index contributed by atoms with van der Waals surface area (Å²) in [6.45, 7) is 7.90. The number of carboxylic acid groups (broad SMARTS) is 1. The van der Waals surface area contributed by atoms with Gasteiger partial charge in [0.1, 0.15) is 0 Å². The number of benzene rings is 2. The van der Waals surface area contributed by atoms with Gasteiger partial charge in [-0.2, -0.15) is 0 Å². The van der Waals surface area contributed by atoms with Crippen molar-refractivity contribution >= 4 is 29.4 Å². The number of carbonyl (C=O) groups excluding carboxylic acids is 2. The van der Waals surface area contributed by atoms with E-state index in [0.29, 0.717) is 32.1 Å². The van der Waals surface area contributed by atoms with Crippen molar-refractivity contribution in [3.8, 4) is 0 Å². The molecule has 180 valence electrons. The number of carbonyl (C=O) groups is 2. The lowest BCUT2D eigenvalue weighted by Crippen LogP contribution is -2.39. The van der Waals surface area contributed by atoms with Gasteiger partial charge in [-0.3, -0.25) is 9.36 Å². The number of nitrogens with zero attached hydrogens (tertiary/aromatic N) is 2. The fraction of sp³-hybridized carbons (Fsp3) is 0.259. The van der Waals surface area contributed by atoms with Crippen LogP contribution in [0.1, 0.15) is 66.7 Å². The fourth-order valence-corrected chi connectivity index (χ4v) is 5.08. The monoisotopic (exact) mass is 489 g/mol. The summed E-state index contributed by atoms with van der Waals surface area (Å²) in [5, 5.41) is 11.0. The summed E-state index contributed by atoms with van der Waals surface area (Å²) in [6, 6.07) is 13.3. The average molecular weight is 490 g/mol. The summed E-state index contributed by atoms with van der Waals surface area (Å²) >= 11 is 1.22. The molecule has 0 aliphatic carbocycles. The molecule has 1 aliphatic rings. The maximum atomic E-state index is 13.6. The first-order valence-electron chi connectivity index (χ1n) is 11.3. The van der Waals surface area contributed by atoms with Crippen LogP contribution in [-0.4, -0.2) is 23.1 Å². The molecule has 2 aromatic carbocycles. The quantitative estimate of drug-likeness (QED) is 0.495. The van der Waals surface area contributed by atoms with Gasteiger partial charge in [0.25, 0.3) is 5.56 Å². The minimum atomic E-state index is -1.26. The lowest BCUT2D eigenvalue weighted by atomic mass is 9.93. The lowest BCUT2D eigenvalue weighted by molar-refractivity contribution is -0.255. The summed E-state index contributed by atoms with van der Waals surface area (Å²) in [5.74, 6) is -1.42. The summed E-state index contributed by atoms with van der Waals surface area (Å²) in [4.78, 5) is 42.6. The molecule has 7 nitrogen and oxygen atoms in total. The van der Waals surface area contributed by atoms with Gasteiger partial charge >= 0.3 is 5.97 Å². The summed E-state index contributed by atoms with van der Waals surface area (Å²) < 4.78 is 7.28. The lowest BCUT2D eigenvalue weighted by Gasteiger charge is -2.25. The summed E-state index contributed by atoms with van der Waals surface area (Å²) in [5.41, 5.74) is 3.22. The maximum absolute atomic E-state index is 13.6. The van der Waals surface area contributed by atoms with Crippen molar-refractivity contribution in [2.75, 3.05) is 6.61 Å². The highest BCUT2D eigenvalue weighted by Gasteiger charge is 2.33. The van der Waals surface area contributed by atoms with E-state index < -0.39 is 18.0 Å². The normalized spacial score (nSPS) is 15.7. The van der Waals surface area contributed by atoms with Crippen LogP contribution >= 0.6 is 11.3 Å². The number of aromatic nitrogens is 1. The van der Waals surface area contributed by atoms with Gasteiger partial charge in [0.2, 0.25) is 0 Å². The van der Waals surface area contributed by atoms with Crippen molar-refractivity contribution in [1.29, 1.82) is 0 Å². The highest BCUT2D eigenvalue weighted by atomic mass is 32.1. The van der Waals surface area contributed by atoms with E-state index in [9.17, 15) is 19.5 Å².